The first kappa shape index (κ1) is 33.1. The average Bonchev–Trinajstić information content (AvgIpc) is 3.27. The zero-order valence-corrected chi connectivity index (χ0v) is 26.8. The molecule has 1 heterocycles. The van der Waals surface area contributed by atoms with Gasteiger partial charge in [-0.05, 0) is 60.2 Å². The van der Waals surface area contributed by atoms with E-state index < -0.39 is 41.0 Å². The van der Waals surface area contributed by atoms with Crippen molar-refractivity contribution in [1.82, 2.24) is 5.32 Å². The standard InChI is InChI=1S/C35H38ClF2N3O3/c1-19(2)32(42)21-12-14-26(27(16-21)44-7)40-33(43)31-29(22-9-8-10-24(36)30(22)38)35(18-39,28(41-31)17-34(4,5)6)23-13-11-20(3)15-25(23)37/h8-16,19,28-29,31,41H,17H2,1-7H3,(H,40,43)/t28-,29?,31?,35-/m0/s1. The molecule has 9 heteroatoms. The second kappa shape index (κ2) is 12.7. The van der Waals surface area contributed by atoms with Gasteiger partial charge in [0.15, 0.2) is 5.78 Å². The van der Waals surface area contributed by atoms with E-state index in [0.717, 1.165) is 0 Å². The zero-order chi connectivity index (χ0) is 32.6. The number of rotatable bonds is 8. The Labute approximate surface area is 262 Å². The van der Waals surface area contributed by atoms with E-state index in [2.05, 4.69) is 16.7 Å². The fraction of sp³-hybridized carbons (Fsp3) is 0.400. The lowest BCUT2D eigenvalue weighted by atomic mass is 9.62. The Morgan fingerprint density at radius 3 is 2.43 bits per heavy atom. The van der Waals surface area contributed by atoms with E-state index in [9.17, 15) is 14.9 Å². The molecule has 6 nitrogen and oxygen atoms in total. The number of amides is 1. The summed E-state index contributed by atoms with van der Waals surface area (Å²) in [4.78, 5) is 26.8. The molecule has 1 aliphatic rings. The van der Waals surface area contributed by atoms with Crippen molar-refractivity contribution in [2.24, 2.45) is 11.3 Å². The SMILES string of the molecule is COc1cc(C(=O)C(C)C)ccc1NC(=O)C1N[C@@H](CC(C)(C)C)[C@](C#N)(c2ccc(C)cc2F)C1c1cccc(Cl)c1F. The summed E-state index contributed by atoms with van der Waals surface area (Å²) >= 11 is 6.23. The Kier molecular flexibility index (Phi) is 9.53. The van der Waals surface area contributed by atoms with Crippen molar-refractivity contribution < 1.29 is 23.1 Å². The highest BCUT2D eigenvalue weighted by atomic mass is 35.5. The van der Waals surface area contributed by atoms with E-state index in [0.29, 0.717) is 17.5 Å². The van der Waals surface area contributed by atoms with Gasteiger partial charge in [0.1, 0.15) is 22.8 Å². The Hall–Kier alpha value is -3.80. The van der Waals surface area contributed by atoms with Crippen molar-refractivity contribution in [2.75, 3.05) is 12.4 Å². The van der Waals surface area contributed by atoms with Gasteiger partial charge in [0.05, 0.1) is 29.9 Å². The third-order valence-corrected chi connectivity index (χ3v) is 8.49. The summed E-state index contributed by atoms with van der Waals surface area (Å²) < 4.78 is 37.3. The molecular weight excluding hydrogens is 584 g/mol. The maximum Gasteiger partial charge on any atom is 0.242 e. The molecule has 3 aromatic rings. The molecule has 4 atom stereocenters. The van der Waals surface area contributed by atoms with Crippen LogP contribution in [-0.4, -0.2) is 30.9 Å². The highest BCUT2D eigenvalue weighted by molar-refractivity contribution is 6.30. The van der Waals surface area contributed by atoms with Gasteiger partial charge < -0.3 is 15.4 Å². The monoisotopic (exact) mass is 621 g/mol. The number of aryl methyl sites for hydroxylation is 1. The minimum Gasteiger partial charge on any atom is -0.495 e. The molecule has 1 saturated heterocycles. The molecule has 0 aliphatic carbocycles. The van der Waals surface area contributed by atoms with Crippen LogP contribution in [0.1, 0.15) is 74.0 Å². The predicted octanol–water partition coefficient (Wildman–Crippen LogP) is 7.73. The maximum atomic E-state index is 15.9. The molecule has 1 amide bonds. The van der Waals surface area contributed by atoms with Gasteiger partial charge in [0, 0.05) is 29.0 Å². The highest BCUT2D eigenvalue weighted by Crippen LogP contribution is 2.52. The minimum absolute atomic E-state index is 0.0212. The first-order chi connectivity index (χ1) is 20.6. The van der Waals surface area contributed by atoms with E-state index in [4.69, 9.17) is 16.3 Å². The van der Waals surface area contributed by atoms with Crippen LogP contribution in [-0.2, 0) is 10.2 Å². The molecule has 4 rings (SSSR count). The fourth-order valence-electron chi connectivity index (χ4n) is 6.18. The van der Waals surface area contributed by atoms with E-state index in [-0.39, 0.29) is 44.7 Å². The summed E-state index contributed by atoms with van der Waals surface area (Å²) in [6, 6.07) is 14.2. The number of nitriles is 1. The molecule has 2 N–H and O–H groups in total. The number of carbonyl (C=O) groups excluding carboxylic acids is 2. The molecule has 0 aromatic heterocycles. The third-order valence-electron chi connectivity index (χ3n) is 8.19. The van der Waals surface area contributed by atoms with E-state index >= 15 is 8.78 Å². The van der Waals surface area contributed by atoms with Crippen LogP contribution < -0.4 is 15.4 Å². The lowest BCUT2D eigenvalue weighted by Gasteiger charge is -2.37. The average molecular weight is 622 g/mol. The zero-order valence-electron chi connectivity index (χ0n) is 26.0. The lowest BCUT2D eigenvalue weighted by Crippen LogP contribution is -2.45. The van der Waals surface area contributed by atoms with Crippen LogP contribution in [0, 0.1) is 41.2 Å². The lowest BCUT2D eigenvalue weighted by molar-refractivity contribution is -0.118. The molecule has 1 aliphatic heterocycles. The van der Waals surface area contributed by atoms with Crippen molar-refractivity contribution in [2.45, 2.75) is 71.4 Å². The first-order valence-corrected chi connectivity index (χ1v) is 14.9. The summed E-state index contributed by atoms with van der Waals surface area (Å²) in [5.74, 6) is -3.22. The first-order valence-electron chi connectivity index (χ1n) is 14.6. The number of nitrogens with zero attached hydrogens (tertiary/aromatic N) is 1. The van der Waals surface area contributed by atoms with Crippen molar-refractivity contribution in [1.29, 1.82) is 5.26 Å². The number of hydrogen-bond donors (Lipinski definition) is 2. The normalized spacial score (nSPS) is 21.6. The number of methoxy groups -OCH3 is 1. The Bertz CT molecular complexity index is 1630. The molecule has 44 heavy (non-hydrogen) atoms. The predicted molar refractivity (Wildman–Crippen MR) is 168 cm³/mol. The summed E-state index contributed by atoms with van der Waals surface area (Å²) in [7, 11) is 1.42. The van der Waals surface area contributed by atoms with Crippen LogP contribution in [0.5, 0.6) is 5.75 Å². The smallest absolute Gasteiger partial charge is 0.242 e. The molecular formula is C35H38ClF2N3O3. The maximum absolute atomic E-state index is 15.9. The largest absolute Gasteiger partial charge is 0.495 e. The van der Waals surface area contributed by atoms with Gasteiger partial charge in [-0.25, -0.2) is 8.78 Å². The second-order valence-electron chi connectivity index (χ2n) is 13.0. The van der Waals surface area contributed by atoms with Gasteiger partial charge in [0.25, 0.3) is 0 Å². The number of halogens is 3. The van der Waals surface area contributed by atoms with Crippen molar-refractivity contribution in [3.05, 3.63) is 93.5 Å². The van der Waals surface area contributed by atoms with Gasteiger partial charge in [-0.15, -0.1) is 0 Å². The molecule has 232 valence electrons. The van der Waals surface area contributed by atoms with E-state index in [1.165, 1.54) is 25.3 Å². The molecule has 0 spiro atoms. The molecule has 0 radical (unpaired) electrons. The summed E-state index contributed by atoms with van der Waals surface area (Å²) in [6.45, 7) is 11.3. The quantitative estimate of drug-likeness (QED) is 0.251. The number of Topliss-reactive ketones (excluding diaryl/α,β-unsaturated/α-hetero) is 1. The fourth-order valence-corrected chi connectivity index (χ4v) is 6.36. The van der Waals surface area contributed by atoms with E-state index in [1.54, 1.807) is 57.2 Å². The van der Waals surface area contributed by atoms with Crippen LogP contribution in [0.15, 0.2) is 54.6 Å². The Morgan fingerprint density at radius 2 is 1.84 bits per heavy atom. The molecule has 0 saturated carbocycles. The van der Waals surface area contributed by atoms with Crippen molar-refractivity contribution in [3.63, 3.8) is 0 Å². The highest BCUT2D eigenvalue weighted by Gasteiger charge is 2.61. The van der Waals surface area contributed by atoms with Crippen molar-refractivity contribution >= 4 is 29.0 Å². The van der Waals surface area contributed by atoms with Gasteiger partial charge in [-0.1, -0.05) is 70.5 Å². The van der Waals surface area contributed by atoms with Crippen LogP contribution >= 0.6 is 11.6 Å². The van der Waals surface area contributed by atoms with Gasteiger partial charge in [-0.2, -0.15) is 5.26 Å². The van der Waals surface area contributed by atoms with Crippen LogP contribution in [0.25, 0.3) is 0 Å². The minimum atomic E-state index is -1.70. The number of benzene rings is 3. The molecule has 3 aromatic carbocycles. The number of anilines is 1. The van der Waals surface area contributed by atoms with Crippen LogP contribution in [0.4, 0.5) is 14.5 Å². The van der Waals surface area contributed by atoms with Gasteiger partial charge >= 0.3 is 0 Å². The number of hydrogen-bond acceptors (Lipinski definition) is 5. The topological polar surface area (TPSA) is 91.2 Å². The summed E-state index contributed by atoms with van der Waals surface area (Å²) in [6.07, 6.45) is 0.367. The number of carbonyl (C=O) groups is 2. The van der Waals surface area contributed by atoms with Gasteiger partial charge in [-0.3, -0.25) is 9.59 Å². The molecule has 1 fully saturated rings. The summed E-state index contributed by atoms with van der Waals surface area (Å²) in [5.41, 5.74) is -0.593. The number of ketones is 1. The molecule has 2 unspecified atom stereocenters. The Balaban J connectivity index is 1.92. The number of ether oxygens (including phenoxy) is 1. The van der Waals surface area contributed by atoms with E-state index in [1.807, 2.05) is 20.8 Å². The number of nitrogens with one attached hydrogen (secondary N) is 2. The van der Waals surface area contributed by atoms with Crippen LogP contribution in [0.3, 0.4) is 0 Å². The van der Waals surface area contributed by atoms with Crippen LogP contribution in [0.2, 0.25) is 5.02 Å². The Morgan fingerprint density at radius 1 is 1.14 bits per heavy atom. The van der Waals surface area contributed by atoms with Crippen molar-refractivity contribution in [3.8, 4) is 11.8 Å². The summed E-state index contributed by atoms with van der Waals surface area (Å²) in [5, 5.41) is 17.0. The second-order valence-corrected chi connectivity index (χ2v) is 13.4. The third kappa shape index (κ3) is 6.22. The molecule has 0 bridgehead atoms. The van der Waals surface area contributed by atoms with Gasteiger partial charge in [0.2, 0.25) is 5.91 Å².